The molecule has 1 N–H and O–H groups in total. The maximum atomic E-state index is 13.7. The fourth-order valence-corrected chi connectivity index (χ4v) is 6.94. The van der Waals surface area contributed by atoms with Gasteiger partial charge in [0.2, 0.25) is 0 Å². The van der Waals surface area contributed by atoms with Gasteiger partial charge in [0.05, 0.1) is 30.5 Å². The lowest BCUT2D eigenvalue weighted by molar-refractivity contribution is 0.0451. The van der Waals surface area contributed by atoms with Crippen molar-refractivity contribution in [2.75, 3.05) is 14.2 Å². The lowest BCUT2D eigenvalue weighted by Crippen LogP contribution is -2.31. The van der Waals surface area contributed by atoms with Gasteiger partial charge in [0, 0.05) is 30.0 Å². The van der Waals surface area contributed by atoms with Crippen LogP contribution in [-0.4, -0.2) is 46.9 Å². The smallest absolute Gasteiger partial charge is 0.253 e. The fraction of sp³-hybridized carbons (Fsp3) is 0.361. The predicted octanol–water partition coefficient (Wildman–Crippen LogP) is 7.11. The first-order valence-corrected chi connectivity index (χ1v) is 15.8. The first-order valence-electron chi connectivity index (χ1n) is 15.0. The molecule has 7 heteroatoms. The predicted molar refractivity (Wildman–Crippen MR) is 171 cm³/mol. The summed E-state index contributed by atoms with van der Waals surface area (Å²) in [5.74, 6) is 0.855. The molecule has 0 aliphatic heterocycles. The highest BCUT2D eigenvalue weighted by molar-refractivity contribution is 7.09. The van der Waals surface area contributed by atoms with E-state index in [1.54, 1.807) is 54.7 Å². The Kier molecular flexibility index (Phi) is 10.1. The molecule has 6 nitrogen and oxygen atoms in total. The second-order valence-electron chi connectivity index (χ2n) is 11.7. The number of carbonyl (C=O) groups excluding carboxylic acids is 2. The molecule has 1 aromatic heterocycles. The molecule has 5 rings (SSSR count). The van der Waals surface area contributed by atoms with E-state index in [1.165, 1.54) is 5.56 Å². The van der Waals surface area contributed by atoms with Gasteiger partial charge in [0.25, 0.3) is 5.91 Å². The number of nitrogens with zero attached hydrogens (tertiary/aromatic N) is 2. The fourth-order valence-electron chi connectivity index (χ4n) is 6.34. The molecule has 0 bridgehead atoms. The van der Waals surface area contributed by atoms with Crippen LogP contribution >= 0.6 is 11.3 Å². The molecule has 3 aromatic carbocycles. The highest BCUT2D eigenvalue weighted by atomic mass is 32.1. The van der Waals surface area contributed by atoms with E-state index in [1.807, 2.05) is 42.6 Å². The SMILES string of the molecule is COc1cccc(C2CCC([C@@H](O)[C@@H](CC(=O)c3cccc(C(=O)N(C)Cc4csc(C)n4)c3)Cc3ccccc3)C2)c1. The molecular weight excluding hydrogens is 556 g/mol. The van der Waals surface area contributed by atoms with Gasteiger partial charge in [-0.15, -0.1) is 11.3 Å². The van der Waals surface area contributed by atoms with Crippen molar-refractivity contribution in [3.63, 3.8) is 0 Å². The number of methoxy groups -OCH3 is 1. The average Bonchev–Trinajstić information content (AvgIpc) is 3.70. The first kappa shape index (κ1) is 30.6. The minimum Gasteiger partial charge on any atom is -0.497 e. The molecule has 1 saturated carbocycles. The number of hydrogen-bond donors (Lipinski definition) is 1. The van der Waals surface area contributed by atoms with E-state index < -0.39 is 6.10 Å². The van der Waals surface area contributed by atoms with Crippen molar-refractivity contribution in [2.24, 2.45) is 11.8 Å². The Morgan fingerprint density at radius 2 is 1.79 bits per heavy atom. The van der Waals surface area contributed by atoms with E-state index in [0.29, 0.717) is 30.0 Å². The van der Waals surface area contributed by atoms with E-state index in [4.69, 9.17) is 4.74 Å². The van der Waals surface area contributed by atoms with Gasteiger partial charge in [-0.1, -0.05) is 54.6 Å². The van der Waals surface area contributed by atoms with Gasteiger partial charge in [0.1, 0.15) is 5.75 Å². The number of ketones is 1. The molecule has 0 spiro atoms. The van der Waals surface area contributed by atoms with Crippen molar-refractivity contribution in [1.82, 2.24) is 9.88 Å². The van der Waals surface area contributed by atoms with Gasteiger partial charge in [-0.3, -0.25) is 9.59 Å². The van der Waals surface area contributed by atoms with Crippen molar-refractivity contribution in [3.8, 4) is 5.75 Å². The molecule has 1 fully saturated rings. The van der Waals surface area contributed by atoms with Crippen molar-refractivity contribution in [3.05, 3.63) is 117 Å². The summed E-state index contributed by atoms with van der Waals surface area (Å²) in [6, 6.07) is 25.2. The van der Waals surface area contributed by atoms with Crippen LogP contribution in [0.2, 0.25) is 0 Å². The van der Waals surface area contributed by atoms with Gasteiger partial charge in [-0.05, 0) is 85.8 Å². The van der Waals surface area contributed by atoms with E-state index in [9.17, 15) is 14.7 Å². The molecule has 1 heterocycles. The van der Waals surface area contributed by atoms with Crippen LogP contribution in [0.3, 0.4) is 0 Å². The van der Waals surface area contributed by atoms with Crippen LogP contribution in [0.1, 0.15) is 74.1 Å². The number of amides is 1. The summed E-state index contributed by atoms with van der Waals surface area (Å²) in [5.41, 5.74) is 4.15. The van der Waals surface area contributed by atoms with Crippen molar-refractivity contribution >= 4 is 23.0 Å². The monoisotopic (exact) mass is 596 g/mol. The summed E-state index contributed by atoms with van der Waals surface area (Å²) in [6.07, 6.45) is 3.00. The first-order chi connectivity index (χ1) is 20.8. The second-order valence-corrected chi connectivity index (χ2v) is 12.8. The molecule has 2 unspecified atom stereocenters. The molecule has 4 aromatic rings. The highest BCUT2D eigenvalue weighted by Crippen LogP contribution is 2.43. The Labute approximate surface area is 258 Å². The zero-order valence-corrected chi connectivity index (χ0v) is 25.9. The van der Waals surface area contributed by atoms with E-state index >= 15 is 0 Å². The number of aliphatic hydroxyl groups is 1. The summed E-state index contributed by atoms with van der Waals surface area (Å²) >= 11 is 1.56. The summed E-state index contributed by atoms with van der Waals surface area (Å²) in [4.78, 5) is 33.0. The average molecular weight is 597 g/mol. The Morgan fingerprint density at radius 1 is 1.02 bits per heavy atom. The number of rotatable bonds is 12. The molecule has 43 heavy (non-hydrogen) atoms. The van der Waals surface area contributed by atoms with Crippen molar-refractivity contribution in [1.29, 1.82) is 0 Å². The van der Waals surface area contributed by atoms with Gasteiger partial charge in [-0.25, -0.2) is 4.98 Å². The van der Waals surface area contributed by atoms with Crippen LogP contribution in [-0.2, 0) is 13.0 Å². The summed E-state index contributed by atoms with van der Waals surface area (Å²) in [5, 5.41) is 14.7. The molecule has 1 aliphatic carbocycles. The number of carbonyl (C=O) groups is 2. The Balaban J connectivity index is 1.30. The summed E-state index contributed by atoms with van der Waals surface area (Å²) in [6.45, 7) is 2.35. The molecule has 0 saturated heterocycles. The number of aryl methyl sites for hydroxylation is 1. The van der Waals surface area contributed by atoms with Crippen molar-refractivity contribution < 1.29 is 19.4 Å². The van der Waals surface area contributed by atoms with E-state index in [2.05, 4.69) is 29.2 Å². The number of hydrogen-bond acceptors (Lipinski definition) is 6. The lowest BCUT2D eigenvalue weighted by atomic mass is 9.81. The van der Waals surface area contributed by atoms with Gasteiger partial charge < -0.3 is 14.7 Å². The van der Waals surface area contributed by atoms with Crippen LogP contribution in [0.25, 0.3) is 0 Å². The normalized spacial score (nSPS) is 17.8. The Morgan fingerprint density at radius 3 is 2.53 bits per heavy atom. The zero-order valence-electron chi connectivity index (χ0n) is 25.1. The third-order valence-electron chi connectivity index (χ3n) is 8.64. The van der Waals surface area contributed by atoms with Gasteiger partial charge in [0.15, 0.2) is 5.78 Å². The standard InChI is InChI=1S/C36H40N2O4S/c1-24-37-32(23-43-24)22-38(2)36(41)30-13-7-12-28(19-30)34(39)21-31(17-25-9-5-4-6-10-25)35(40)29-16-15-27(18-29)26-11-8-14-33(20-26)42-3/h4-14,19-20,23,27,29,31,35,40H,15-18,21-22H2,1-3H3/t27?,29?,31-,35-/m1/s1. The molecule has 0 radical (unpaired) electrons. The number of ether oxygens (including phenoxy) is 1. The third-order valence-corrected chi connectivity index (χ3v) is 9.46. The molecule has 4 atom stereocenters. The summed E-state index contributed by atoms with van der Waals surface area (Å²) in [7, 11) is 3.43. The zero-order chi connectivity index (χ0) is 30.3. The summed E-state index contributed by atoms with van der Waals surface area (Å²) < 4.78 is 5.43. The number of aromatic nitrogens is 1. The maximum absolute atomic E-state index is 13.7. The number of thiazole rings is 1. The maximum Gasteiger partial charge on any atom is 0.253 e. The van der Waals surface area contributed by atoms with Crippen LogP contribution < -0.4 is 4.74 Å². The lowest BCUT2D eigenvalue weighted by Gasteiger charge is -2.28. The number of benzene rings is 3. The minimum absolute atomic E-state index is 0.0604. The van der Waals surface area contributed by atoms with Gasteiger partial charge >= 0.3 is 0 Å². The quantitative estimate of drug-likeness (QED) is 0.176. The van der Waals surface area contributed by atoms with Gasteiger partial charge in [-0.2, -0.15) is 0 Å². The largest absolute Gasteiger partial charge is 0.497 e. The number of Topliss-reactive ketones (excluding diaryl/α,β-unsaturated/α-hetero) is 1. The third kappa shape index (κ3) is 7.78. The topological polar surface area (TPSA) is 79.7 Å². The molecule has 1 amide bonds. The van der Waals surface area contributed by atoms with Crippen LogP contribution in [0.4, 0.5) is 0 Å². The van der Waals surface area contributed by atoms with Crippen LogP contribution in [0.15, 0.2) is 84.2 Å². The van der Waals surface area contributed by atoms with E-state index in [0.717, 1.165) is 41.3 Å². The number of aliphatic hydroxyl groups excluding tert-OH is 1. The molecule has 224 valence electrons. The Bertz CT molecular complexity index is 1540. The molecule has 1 aliphatic rings. The van der Waals surface area contributed by atoms with E-state index in [-0.39, 0.29) is 29.9 Å². The van der Waals surface area contributed by atoms with Crippen molar-refractivity contribution in [2.45, 2.75) is 57.6 Å². The highest BCUT2D eigenvalue weighted by Gasteiger charge is 2.36. The van der Waals surface area contributed by atoms with Crippen LogP contribution in [0.5, 0.6) is 5.75 Å². The van der Waals surface area contributed by atoms with Crippen LogP contribution in [0, 0.1) is 18.8 Å². The Hall–Kier alpha value is -3.81. The second kappa shape index (κ2) is 14.1. The minimum atomic E-state index is -0.614. The molecular formula is C36H40N2O4S.